The number of nitrogens with zero attached hydrogens (tertiary/aromatic N) is 2. The molecule has 1 N–H and O–H groups in total. The Hall–Kier alpha value is -3.54. The van der Waals surface area contributed by atoms with Gasteiger partial charge in [0.25, 0.3) is 0 Å². The van der Waals surface area contributed by atoms with Crippen LogP contribution in [0.2, 0.25) is 30.7 Å². The lowest BCUT2D eigenvalue weighted by Gasteiger charge is -2.15. The average Bonchev–Trinajstić information content (AvgIpc) is 3.24. The molecule has 0 saturated carbocycles. The topological polar surface area (TPSA) is 74.6 Å². The van der Waals surface area contributed by atoms with Crippen LogP contribution in [0.25, 0.3) is 11.0 Å². The van der Waals surface area contributed by atoms with E-state index in [1.807, 2.05) is 0 Å². The van der Waals surface area contributed by atoms with Gasteiger partial charge in [0.2, 0.25) is 0 Å². The summed E-state index contributed by atoms with van der Waals surface area (Å²) in [5.41, 5.74) is -0.510. The Kier molecular flexibility index (Phi) is 8.53. The molecule has 2 heterocycles. The number of fused-ring (bicyclic) bond motifs is 1. The van der Waals surface area contributed by atoms with E-state index in [4.69, 9.17) is 25.8 Å². The molecule has 0 saturated heterocycles. The average molecular weight is 578 g/mol. The van der Waals surface area contributed by atoms with Crippen LogP contribution in [0.1, 0.15) is 5.56 Å². The molecule has 0 aliphatic heterocycles. The van der Waals surface area contributed by atoms with Crippen LogP contribution in [0.3, 0.4) is 0 Å². The quantitative estimate of drug-likeness (QED) is 0.160. The molecule has 0 aliphatic rings. The van der Waals surface area contributed by atoms with Gasteiger partial charge in [-0.15, -0.1) is 0 Å². The highest BCUT2D eigenvalue weighted by atomic mass is 35.5. The van der Waals surface area contributed by atoms with Crippen LogP contribution in [0.15, 0.2) is 67.0 Å². The molecular formula is C27H27ClF3N3O4Si. The number of anilines is 1. The minimum Gasteiger partial charge on any atom is -0.455 e. The Morgan fingerprint density at radius 2 is 1.82 bits per heavy atom. The molecule has 0 bridgehead atoms. The van der Waals surface area contributed by atoms with Crippen LogP contribution < -0.4 is 14.8 Å². The molecule has 0 radical (unpaired) electrons. The van der Waals surface area contributed by atoms with Gasteiger partial charge in [0.15, 0.2) is 0 Å². The number of para-hydroxylation sites is 1. The second-order valence-electron chi connectivity index (χ2n) is 9.94. The van der Waals surface area contributed by atoms with Gasteiger partial charge in [-0.2, -0.15) is 13.2 Å². The number of amides is 1. The molecule has 206 valence electrons. The number of carbonyl (C=O) groups excluding carboxylic acids is 1. The number of aromatic nitrogens is 2. The Labute approximate surface area is 229 Å². The van der Waals surface area contributed by atoms with E-state index < -0.39 is 25.9 Å². The molecule has 2 aromatic carbocycles. The zero-order valence-corrected chi connectivity index (χ0v) is 23.3. The minimum absolute atomic E-state index is 0.0696. The largest absolute Gasteiger partial charge is 0.455 e. The summed E-state index contributed by atoms with van der Waals surface area (Å²) in [6.07, 6.45) is -3.05. The van der Waals surface area contributed by atoms with Crippen molar-refractivity contribution in [3.8, 4) is 17.2 Å². The van der Waals surface area contributed by atoms with Crippen molar-refractivity contribution in [2.45, 2.75) is 38.6 Å². The Morgan fingerprint density at radius 3 is 2.49 bits per heavy atom. The molecule has 0 unspecified atom stereocenters. The van der Waals surface area contributed by atoms with E-state index in [9.17, 15) is 18.0 Å². The van der Waals surface area contributed by atoms with Gasteiger partial charge in [-0.3, -0.25) is 5.32 Å². The Bertz CT molecular complexity index is 1460. The second-order valence-corrected chi connectivity index (χ2v) is 16.0. The first-order chi connectivity index (χ1) is 18.4. The van der Waals surface area contributed by atoms with E-state index in [0.717, 1.165) is 12.2 Å². The van der Waals surface area contributed by atoms with E-state index in [-0.39, 0.29) is 34.3 Å². The normalized spacial score (nSPS) is 12.0. The summed E-state index contributed by atoms with van der Waals surface area (Å²) in [6.45, 7) is 6.95. The van der Waals surface area contributed by atoms with E-state index in [0.29, 0.717) is 18.0 Å². The predicted molar refractivity (Wildman–Crippen MR) is 146 cm³/mol. The van der Waals surface area contributed by atoms with Crippen molar-refractivity contribution in [3.05, 3.63) is 77.6 Å². The number of hydrogen-bond donors (Lipinski definition) is 1. The van der Waals surface area contributed by atoms with Crippen molar-refractivity contribution in [2.24, 2.45) is 0 Å². The number of benzene rings is 2. The van der Waals surface area contributed by atoms with Crippen LogP contribution in [0.5, 0.6) is 17.2 Å². The standard InChI is InChI=1S/C27H27ClF3N3O4Si/c1-39(2,3)14-13-36-17-34-16-20(27(29,30)31)24-23(11-12-32-25(24)34)38-22-10-9-18(15-21(22)28)33-26(35)37-19-7-5-4-6-8-19/h4-12,15-16H,13-14,17H2,1-3H3,(H,33,35). The number of halogens is 4. The van der Waals surface area contributed by atoms with Crippen molar-refractivity contribution < 1.29 is 32.2 Å². The number of hydrogen-bond acceptors (Lipinski definition) is 5. The minimum atomic E-state index is -4.65. The second kappa shape index (κ2) is 11.7. The first-order valence-corrected chi connectivity index (χ1v) is 16.1. The molecule has 0 atom stereocenters. The van der Waals surface area contributed by atoms with Crippen molar-refractivity contribution in [2.75, 3.05) is 11.9 Å². The van der Waals surface area contributed by atoms with Gasteiger partial charge < -0.3 is 18.8 Å². The highest BCUT2D eigenvalue weighted by Crippen LogP contribution is 2.42. The van der Waals surface area contributed by atoms with Gasteiger partial charge in [0.05, 0.1) is 16.0 Å². The van der Waals surface area contributed by atoms with Gasteiger partial charge in [-0.25, -0.2) is 9.78 Å². The smallest absolute Gasteiger partial charge is 0.418 e. The highest BCUT2D eigenvalue weighted by Gasteiger charge is 2.36. The van der Waals surface area contributed by atoms with Crippen LogP contribution in [-0.2, 0) is 17.6 Å². The zero-order chi connectivity index (χ0) is 28.2. The van der Waals surface area contributed by atoms with Gasteiger partial charge in [0, 0.05) is 32.8 Å². The maximum Gasteiger partial charge on any atom is 0.418 e. The van der Waals surface area contributed by atoms with Crippen molar-refractivity contribution in [1.82, 2.24) is 9.55 Å². The molecule has 0 spiro atoms. The van der Waals surface area contributed by atoms with E-state index in [1.54, 1.807) is 30.3 Å². The third kappa shape index (κ3) is 7.52. The lowest BCUT2D eigenvalue weighted by molar-refractivity contribution is -0.136. The molecular weight excluding hydrogens is 551 g/mol. The van der Waals surface area contributed by atoms with Gasteiger partial charge in [-0.1, -0.05) is 49.4 Å². The number of pyridine rings is 1. The first kappa shape index (κ1) is 28.5. The Balaban J connectivity index is 1.55. The summed E-state index contributed by atoms with van der Waals surface area (Å²) >= 11 is 6.35. The van der Waals surface area contributed by atoms with Crippen molar-refractivity contribution >= 4 is 42.5 Å². The number of nitrogens with one attached hydrogen (secondary N) is 1. The molecule has 2 aromatic heterocycles. The van der Waals surface area contributed by atoms with Crippen LogP contribution >= 0.6 is 11.6 Å². The van der Waals surface area contributed by atoms with Gasteiger partial charge in [0.1, 0.15) is 29.6 Å². The third-order valence-electron chi connectivity index (χ3n) is 5.60. The SMILES string of the molecule is C[Si](C)(C)CCOCn1cc(C(F)(F)F)c2c(Oc3ccc(NC(=O)Oc4ccccc4)cc3Cl)ccnc21. The zero-order valence-electron chi connectivity index (χ0n) is 21.5. The Morgan fingerprint density at radius 1 is 1.08 bits per heavy atom. The lowest BCUT2D eigenvalue weighted by atomic mass is 10.2. The number of alkyl halides is 3. The van der Waals surface area contributed by atoms with Gasteiger partial charge in [-0.05, 0) is 42.4 Å². The van der Waals surface area contributed by atoms with Crippen LogP contribution in [-0.4, -0.2) is 30.3 Å². The number of rotatable bonds is 9. The summed E-state index contributed by atoms with van der Waals surface area (Å²) in [7, 11) is -1.36. The van der Waals surface area contributed by atoms with Crippen LogP contribution in [0.4, 0.5) is 23.7 Å². The van der Waals surface area contributed by atoms with E-state index in [1.165, 1.54) is 35.0 Å². The van der Waals surface area contributed by atoms with Crippen LogP contribution in [0, 0.1) is 0 Å². The molecule has 4 rings (SSSR count). The first-order valence-electron chi connectivity index (χ1n) is 12.0. The maximum atomic E-state index is 14.0. The number of ether oxygens (including phenoxy) is 3. The monoisotopic (exact) mass is 577 g/mol. The fraction of sp³-hybridized carbons (Fsp3) is 0.259. The summed E-state index contributed by atoms with van der Waals surface area (Å²) < 4.78 is 60.0. The maximum absolute atomic E-state index is 14.0. The van der Waals surface area contributed by atoms with E-state index in [2.05, 4.69) is 29.9 Å². The van der Waals surface area contributed by atoms with Crippen molar-refractivity contribution in [3.63, 3.8) is 0 Å². The molecule has 39 heavy (non-hydrogen) atoms. The fourth-order valence-electron chi connectivity index (χ4n) is 3.64. The molecule has 0 fully saturated rings. The summed E-state index contributed by atoms with van der Waals surface area (Å²) in [5.74, 6) is 0.384. The fourth-order valence-corrected chi connectivity index (χ4v) is 4.62. The molecule has 12 heteroatoms. The highest BCUT2D eigenvalue weighted by molar-refractivity contribution is 6.76. The lowest BCUT2D eigenvalue weighted by Crippen LogP contribution is -2.22. The summed E-state index contributed by atoms with van der Waals surface area (Å²) in [4.78, 5) is 16.3. The molecule has 7 nitrogen and oxygen atoms in total. The molecule has 0 aliphatic carbocycles. The van der Waals surface area contributed by atoms with Gasteiger partial charge >= 0.3 is 12.3 Å². The summed E-state index contributed by atoms with van der Waals surface area (Å²) in [6, 6.07) is 15.1. The predicted octanol–water partition coefficient (Wildman–Crippen LogP) is 8.42. The third-order valence-corrected chi connectivity index (χ3v) is 7.60. The molecule has 1 amide bonds. The number of carbonyl (C=O) groups is 1. The molecule has 4 aromatic rings. The summed E-state index contributed by atoms with van der Waals surface area (Å²) in [5, 5.41) is 2.41. The van der Waals surface area contributed by atoms with Crippen molar-refractivity contribution in [1.29, 1.82) is 0 Å². The van der Waals surface area contributed by atoms with E-state index >= 15 is 0 Å².